The average Bonchev–Trinajstić information content (AvgIpc) is 0.861. The highest BCUT2D eigenvalue weighted by atomic mass is 35.5. The lowest BCUT2D eigenvalue weighted by Gasteiger charge is -2.42. The van der Waals surface area contributed by atoms with Crippen molar-refractivity contribution in [1.29, 1.82) is 0 Å². The van der Waals surface area contributed by atoms with Crippen molar-refractivity contribution in [3.05, 3.63) is 164 Å². The van der Waals surface area contributed by atoms with E-state index in [1.54, 1.807) is 0 Å². The van der Waals surface area contributed by atoms with Crippen LogP contribution in [0.25, 0.3) is 11.1 Å². The maximum atomic E-state index is 15.9. The number of Topliss-reactive ketones (excluding diaryl/α,β-unsaturated/α-hetero) is 1. The molecule has 10 unspecified atom stereocenters. The zero-order valence-electron chi connectivity index (χ0n) is 49.3. The van der Waals surface area contributed by atoms with E-state index in [1.807, 2.05) is 0 Å². The highest BCUT2D eigenvalue weighted by Crippen LogP contribution is 2.49. The highest BCUT2D eigenvalue weighted by molar-refractivity contribution is 6.32. The Morgan fingerprint density at radius 3 is 1.85 bits per heavy atom. The van der Waals surface area contributed by atoms with E-state index in [1.165, 1.54) is 72.8 Å². The Hall–Kier alpha value is -10.3. The van der Waals surface area contributed by atoms with Gasteiger partial charge in [-0.05, 0) is 149 Å². The Morgan fingerprint density at radius 2 is 1.13 bits per heavy atom. The summed E-state index contributed by atoms with van der Waals surface area (Å²) in [4.78, 5) is 107. The first-order valence-electron chi connectivity index (χ1n) is 30.1. The summed E-state index contributed by atoms with van der Waals surface area (Å²) in [5, 5.41) is 101. The third-order valence-electron chi connectivity index (χ3n) is 18.1. The first-order valence-corrected chi connectivity index (χ1v) is 30.9. The molecule has 27 heteroatoms. The van der Waals surface area contributed by atoms with Crippen molar-refractivity contribution in [2.75, 3.05) is 6.54 Å². The maximum Gasteiger partial charge on any atom is 0.248 e. The van der Waals surface area contributed by atoms with E-state index in [2.05, 4.69) is 37.2 Å². The molecule has 2 fully saturated rings. The fourth-order valence-electron chi connectivity index (χ4n) is 13.4. The minimum atomic E-state index is -2.15. The van der Waals surface area contributed by atoms with Crippen molar-refractivity contribution in [3.63, 3.8) is 0 Å². The summed E-state index contributed by atoms with van der Waals surface area (Å²) in [6.45, 7) is 0.447. The molecule has 484 valence electrons. The summed E-state index contributed by atoms with van der Waals surface area (Å²) >= 11 is 13.9. The van der Waals surface area contributed by atoms with Gasteiger partial charge in [-0.3, -0.25) is 33.6 Å². The number of piperidine rings is 1. The van der Waals surface area contributed by atoms with Crippen molar-refractivity contribution in [3.8, 4) is 80.1 Å². The Bertz CT molecular complexity index is 4340. The number of nitrogens with two attached hydrogens (primary N) is 1. The van der Waals surface area contributed by atoms with Gasteiger partial charge in [0.1, 0.15) is 88.6 Å². The predicted octanol–water partition coefficient (Wildman–Crippen LogP) is 6.64. The zero-order valence-corrected chi connectivity index (χ0v) is 50.8. The molecular weight excluding hydrogens is 1260 g/mol. The number of aliphatic hydroxyl groups excluding tert-OH is 1. The molecule has 6 amide bonds. The molecule has 0 aromatic heterocycles. The second kappa shape index (κ2) is 25.0. The molecule has 7 aliphatic heterocycles. The second-order valence-electron chi connectivity index (χ2n) is 24.1. The van der Waals surface area contributed by atoms with E-state index in [-0.39, 0.29) is 95.8 Å². The topological polar surface area (TPSA) is 399 Å². The van der Waals surface area contributed by atoms with Crippen molar-refractivity contribution >= 4 is 64.4 Å². The molecule has 1 saturated heterocycles. The molecule has 94 heavy (non-hydrogen) atoms. The monoisotopic (exact) mass is 1320 g/mol. The van der Waals surface area contributed by atoms with Crippen molar-refractivity contribution in [1.82, 2.24) is 37.2 Å². The Kier molecular flexibility index (Phi) is 16.6. The summed E-state index contributed by atoms with van der Waals surface area (Å²) in [5.41, 5.74) is 5.33. The first kappa shape index (κ1) is 62.5. The van der Waals surface area contributed by atoms with Crippen LogP contribution in [0.5, 0.6) is 69.0 Å². The standard InChI is InChI=1S/C67H60Cl2N8O17/c68-40-15-27-5-11-46(40)93-49-22-33-23-50(60(49)84)94-47-12-8-31(20-41(47)69)59(83)58-67(91)76-57(61(85)56-37-4-2-1-3-28(37)13-14-71-56)39-25-35(79)26-45(82)51(39)38-19-30(7-9-43(38)80)53(64(88)77-58)74-66(90)55(33)75-65(89)54-32-17-34(78)24-36(18-32)92-48-21-29(6-10-44(48)81)52(70)63(87)72-42(16-27)62(86)73-54/h5-12,15,17-26,28,37,42,52-59,71,78-84H,1-4,13-14,16,70H2,(H,72,87)(H,73,86)(H,74,90)(H,75,89)(H,76,91)(H,77,88)/t28?,37?,42?,52?,53?,54?,55?,56?,57-,58?,59?/m1/s1. The van der Waals surface area contributed by atoms with Gasteiger partial charge in [0.25, 0.3) is 0 Å². The number of aromatic hydroxyl groups is 6. The molecule has 16 N–H and O–H groups in total. The fourth-order valence-corrected chi connectivity index (χ4v) is 13.8. The Balaban J connectivity index is 1.01. The number of amides is 6. The number of phenols is 6. The minimum absolute atomic E-state index is 0.111. The van der Waals surface area contributed by atoms with E-state index in [4.69, 9.17) is 43.1 Å². The highest BCUT2D eigenvalue weighted by Gasteiger charge is 2.46. The number of nitrogens with one attached hydrogen (secondary N) is 7. The SMILES string of the molecule is NC1C(=O)NC2Cc3ccc(c(Cl)c3)Oc3cc4cc(c3O)Oc3ccc(cc3Cl)C(O)C3NC(=O)C(NC(=O)C4NC(=O)C(NC2=O)c2cc(O)cc(c2)Oc2cc1ccc2O)c1ccc(O)c(c1)-c1c(O)cc(O)cc1[C@H](C(=O)C1NCCC2CCCCC21)NC3=O. The molecule has 11 atom stereocenters. The number of fused-ring (bicyclic) bond motifs is 15. The molecule has 7 heterocycles. The third kappa shape index (κ3) is 12.0. The summed E-state index contributed by atoms with van der Waals surface area (Å²) in [6.07, 6.45) is 1.68. The van der Waals surface area contributed by atoms with Gasteiger partial charge in [0.15, 0.2) is 28.8 Å². The van der Waals surface area contributed by atoms with E-state index < -0.39 is 142 Å². The normalized spacial score (nSPS) is 25.1. The van der Waals surface area contributed by atoms with Gasteiger partial charge in [-0.15, -0.1) is 0 Å². The predicted molar refractivity (Wildman–Crippen MR) is 334 cm³/mol. The molecule has 8 aliphatic rings. The van der Waals surface area contributed by atoms with Gasteiger partial charge >= 0.3 is 0 Å². The number of ketones is 1. The van der Waals surface area contributed by atoms with Gasteiger partial charge in [0.2, 0.25) is 41.2 Å². The van der Waals surface area contributed by atoms with Crippen molar-refractivity contribution in [2.24, 2.45) is 17.6 Å². The van der Waals surface area contributed by atoms with Crippen LogP contribution in [0.2, 0.25) is 10.0 Å². The Labute approximate surface area is 544 Å². The number of halogens is 2. The summed E-state index contributed by atoms with van der Waals surface area (Å²) in [7, 11) is 0. The van der Waals surface area contributed by atoms with Crippen LogP contribution >= 0.6 is 23.2 Å². The van der Waals surface area contributed by atoms with Gasteiger partial charge in [0, 0.05) is 29.7 Å². The summed E-state index contributed by atoms with van der Waals surface area (Å²) in [6, 6.07) is 9.09. The number of phenolic OH excluding ortho intramolecular Hbond substituents is 6. The van der Waals surface area contributed by atoms with Crippen LogP contribution in [0.4, 0.5) is 0 Å². The van der Waals surface area contributed by atoms with Crippen LogP contribution < -0.4 is 57.2 Å². The lowest BCUT2D eigenvalue weighted by atomic mass is 9.69. The van der Waals surface area contributed by atoms with Gasteiger partial charge in [-0.2, -0.15) is 0 Å². The number of hydrogen-bond donors (Lipinski definition) is 15. The number of carbonyl (C=O) groups excluding carboxylic acids is 7. The number of benzene rings is 7. The van der Waals surface area contributed by atoms with Crippen molar-refractivity contribution < 1.29 is 83.5 Å². The largest absolute Gasteiger partial charge is 0.508 e. The molecule has 0 radical (unpaired) electrons. The number of rotatable bonds is 2. The number of hydrogen-bond acceptors (Lipinski definition) is 19. The minimum Gasteiger partial charge on any atom is -0.508 e. The van der Waals surface area contributed by atoms with Gasteiger partial charge in [0.05, 0.1) is 16.1 Å². The number of aliphatic hydroxyl groups is 1. The van der Waals surface area contributed by atoms with Crippen LogP contribution in [0.1, 0.15) is 107 Å². The first-order chi connectivity index (χ1) is 45.0. The molecular formula is C67H60Cl2N8O17. The smallest absolute Gasteiger partial charge is 0.248 e. The van der Waals surface area contributed by atoms with E-state index in [0.717, 1.165) is 68.1 Å². The lowest BCUT2D eigenvalue weighted by Crippen LogP contribution is -2.58. The second-order valence-corrected chi connectivity index (χ2v) is 24.9. The van der Waals surface area contributed by atoms with Crippen LogP contribution in [0.15, 0.2) is 115 Å². The van der Waals surface area contributed by atoms with Crippen molar-refractivity contribution in [2.45, 2.75) is 93.0 Å². The molecule has 17 bridgehead atoms. The van der Waals surface area contributed by atoms with Gasteiger partial charge in [-0.25, -0.2) is 0 Å². The van der Waals surface area contributed by atoms with Gasteiger partial charge < -0.3 is 92.9 Å². The van der Waals surface area contributed by atoms with Gasteiger partial charge in [-0.1, -0.05) is 66.7 Å². The van der Waals surface area contributed by atoms with Crippen LogP contribution in [0, 0.1) is 11.8 Å². The Morgan fingerprint density at radius 1 is 0.511 bits per heavy atom. The number of ether oxygens (including phenoxy) is 3. The summed E-state index contributed by atoms with van der Waals surface area (Å²) < 4.78 is 18.6. The maximum absolute atomic E-state index is 15.9. The number of carbonyl (C=O) groups is 7. The molecule has 25 nitrogen and oxygen atoms in total. The fraction of sp³-hybridized carbons (Fsp3) is 0.269. The van der Waals surface area contributed by atoms with Crippen LogP contribution in [0.3, 0.4) is 0 Å². The molecule has 1 aliphatic carbocycles. The molecule has 0 spiro atoms. The molecule has 7 aromatic carbocycles. The average molecular weight is 1320 g/mol. The lowest BCUT2D eigenvalue weighted by molar-refractivity contribution is -0.137. The molecule has 15 rings (SSSR count). The third-order valence-corrected chi connectivity index (χ3v) is 18.7. The van der Waals surface area contributed by atoms with Crippen LogP contribution in [-0.2, 0) is 40.0 Å². The van der Waals surface area contributed by atoms with Crippen LogP contribution in [-0.4, -0.2) is 102 Å². The molecule has 7 aromatic rings. The van der Waals surface area contributed by atoms with E-state index in [0.29, 0.717) is 18.5 Å². The quantitative estimate of drug-likeness (QED) is 0.0862. The molecule has 1 saturated carbocycles. The van der Waals surface area contributed by atoms with E-state index >= 15 is 28.8 Å². The van der Waals surface area contributed by atoms with E-state index in [9.17, 15) is 40.5 Å². The zero-order chi connectivity index (χ0) is 66.1. The summed E-state index contributed by atoms with van der Waals surface area (Å²) in [5.74, 6) is -12.8.